The van der Waals surface area contributed by atoms with Crippen LogP contribution < -0.4 is 5.32 Å². The topological polar surface area (TPSA) is 52.9 Å². The predicted octanol–water partition coefficient (Wildman–Crippen LogP) is 4.98. The smallest absolute Gasteiger partial charge is 0.266 e. The number of hydrogen-bond donors (Lipinski definition) is 1. The highest BCUT2D eigenvalue weighted by Crippen LogP contribution is 2.24. The fourth-order valence-corrected chi connectivity index (χ4v) is 3.41. The minimum absolute atomic E-state index is 0.0877. The molecule has 1 aromatic heterocycles. The molecule has 0 spiro atoms. The van der Waals surface area contributed by atoms with Crippen LogP contribution >= 0.6 is 27.3 Å². The zero-order chi connectivity index (χ0) is 16.3. The normalized spacial score (nSPS) is 11.1. The third-order valence-corrected chi connectivity index (χ3v) is 4.70. The summed E-state index contributed by atoms with van der Waals surface area (Å²) in [6.45, 7) is 5.91. The summed E-state index contributed by atoms with van der Waals surface area (Å²) in [5.41, 5.74) is 4.81. The quantitative estimate of drug-likeness (QED) is 0.608. The Morgan fingerprint density at radius 3 is 2.41 bits per heavy atom. The number of halogens is 1. The summed E-state index contributed by atoms with van der Waals surface area (Å²) in [5, 5.41) is 14.0. The van der Waals surface area contributed by atoms with E-state index in [0.29, 0.717) is 0 Å². The van der Waals surface area contributed by atoms with Crippen molar-refractivity contribution in [2.75, 3.05) is 5.32 Å². The van der Waals surface area contributed by atoms with Crippen LogP contribution in [0.3, 0.4) is 0 Å². The first-order valence-corrected chi connectivity index (χ1v) is 8.33. The molecule has 0 aliphatic heterocycles. The maximum atomic E-state index is 12.3. The van der Waals surface area contributed by atoms with E-state index in [9.17, 15) is 10.1 Å². The second-order valence-electron chi connectivity index (χ2n) is 5.08. The number of rotatable bonds is 3. The van der Waals surface area contributed by atoms with Crippen molar-refractivity contribution in [2.24, 2.45) is 0 Å². The van der Waals surface area contributed by atoms with E-state index in [2.05, 4.69) is 21.2 Å². The Labute approximate surface area is 142 Å². The number of carbonyl (C=O) groups excluding carboxylic acids is 1. The number of thiophene rings is 1. The Bertz CT molecular complexity index is 776. The minimum Gasteiger partial charge on any atom is -0.321 e. The summed E-state index contributed by atoms with van der Waals surface area (Å²) >= 11 is 4.88. The molecule has 1 amide bonds. The van der Waals surface area contributed by atoms with E-state index < -0.39 is 0 Å². The van der Waals surface area contributed by atoms with Crippen molar-refractivity contribution in [1.29, 1.82) is 5.26 Å². The number of carbonyl (C=O) groups is 1. The van der Waals surface area contributed by atoms with E-state index in [4.69, 9.17) is 0 Å². The van der Waals surface area contributed by atoms with Gasteiger partial charge >= 0.3 is 0 Å². The largest absolute Gasteiger partial charge is 0.321 e. The Kier molecular flexibility index (Phi) is 5.17. The molecule has 22 heavy (non-hydrogen) atoms. The van der Waals surface area contributed by atoms with Gasteiger partial charge in [0.15, 0.2) is 0 Å². The maximum Gasteiger partial charge on any atom is 0.266 e. The SMILES string of the molecule is Cc1cc(C)c(NC(=O)/C(C#N)=C/c2csc(Br)c2)c(C)c1. The van der Waals surface area contributed by atoms with Crippen LogP contribution in [0.25, 0.3) is 6.08 Å². The number of anilines is 1. The van der Waals surface area contributed by atoms with E-state index in [1.54, 1.807) is 6.08 Å². The summed E-state index contributed by atoms with van der Waals surface area (Å²) < 4.78 is 0.960. The lowest BCUT2D eigenvalue weighted by atomic mass is 10.0. The first kappa shape index (κ1) is 16.5. The molecule has 1 heterocycles. The van der Waals surface area contributed by atoms with Crippen LogP contribution in [0.5, 0.6) is 0 Å². The highest BCUT2D eigenvalue weighted by molar-refractivity contribution is 9.11. The van der Waals surface area contributed by atoms with E-state index in [1.165, 1.54) is 11.3 Å². The summed E-state index contributed by atoms with van der Waals surface area (Å²) in [4.78, 5) is 12.3. The number of amides is 1. The molecule has 0 radical (unpaired) electrons. The summed E-state index contributed by atoms with van der Waals surface area (Å²) in [7, 11) is 0. The van der Waals surface area contributed by atoms with Gasteiger partial charge in [-0.1, -0.05) is 17.7 Å². The number of hydrogen-bond acceptors (Lipinski definition) is 3. The molecule has 0 saturated heterocycles. The molecule has 2 rings (SSSR count). The first-order valence-electron chi connectivity index (χ1n) is 6.65. The van der Waals surface area contributed by atoms with E-state index in [0.717, 1.165) is 31.7 Å². The fourth-order valence-electron chi connectivity index (χ4n) is 2.27. The molecule has 0 unspecified atom stereocenters. The van der Waals surface area contributed by atoms with Gasteiger partial charge in [0.2, 0.25) is 0 Å². The van der Waals surface area contributed by atoms with Crippen molar-refractivity contribution < 1.29 is 4.79 Å². The van der Waals surface area contributed by atoms with Crippen molar-refractivity contribution in [3.8, 4) is 6.07 Å². The molecule has 0 aliphatic rings. The van der Waals surface area contributed by atoms with Crippen LogP contribution in [0.4, 0.5) is 5.69 Å². The molecule has 2 aromatic rings. The molecule has 0 atom stereocenters. The maximum absolute atomic E-state index is 12.3. The van der Waals surface area contributed by atoms with Crippen LogP contribution in [0, 0.1) is 32.1 Å². The Hall–Kier alpha value is -1.90. The second kappa shape index (κ2) is 6.91. The zero-order valence-electron chi connectivity index (χ0n) is 12.5. The minimum atomic E-state index is -0.389. The standard InChI is InChI=1S/C17H15BrN2OS/c1-10-4-11(2)16(12(3)5-10)20-17(21)14(8-19)6-13-7-15(18)22-9-13/h4-7,9H,1-3H3,(H,20,21)/b14-6+. The van der Waals surface area contributed by atoms with Gasteiger partial charge in [-0.2, -0.15) is 5.26 Å². The van der Waals surface area contributed by atoms with Gasteiger partial charge < -0.3 is 5.32 Å². The Morgan fingerprint density at radius 2 is 1.91 bits per heavy atom. The molecule has 3 nitrogen and oxygen atoms in total. The molecule has 0 saturated carbocycles. The average Bonchev–Trinajstić information content (AvgIpc) is 2.85. The fraction of sp³-hybridized carbons (Fsp3) is 0.176. The van der Waals surface area contributed by atoms with Crippen molar-refractivity contribution in [3.63, 3.8) is 0 Å². The van der Waals surface area contributed by atoms with Gasteiger partial charge in [0, 0.05) is 5.69 Å². The van der Waals surface area contributed by atoms with Gasteiger partial charge in [0.25, 0.3) is 5.91 Å². The number of nitrogens with zero attached hydrogens (tertiary/aromatic N) is 1. The van der Waals surface area contributed by atoms with Crippen molar-refractivity contribution >= 4 is 44.9 Å². The Morgan fingerprint density at radius 1 is 1.27 bits per heavy atom. The Balaban J connectivity index is 2.28. The van der Waals surface area contributed by atoms with Crippen molar-refractivity contribution in [3.05, 3.63) is 55.2 Å². The van der Waals surface area contributed by atoms with Crippen LogP contribution in [0.15, 0.2) is 32.9 Å². The molecular weight excluding hydrogens is 360 g/mol. The lowest BCUT2D eigenvalue weighted by molar-refractivity contribution is -0.112. The van der Waals surface area contributed by atoms with Crippen molar-refractivity contribution in [1.82, 2.24) is 0 Å². The van der Waals surface area contributed by atoms with Gasteiger partial charge in [-0.3, -0.25) is 4.79 Å². The molecule has 1 aromatic carbocycles. The molecule has 0 aliphatic carbocycles. The van der Waals surface area contributed by atoms with Crippen LogP contribution in [-0.4, -0.2) is 5.91 Å². The third-order valence-electron chi connectivity index (χ3n) is 3.18. The first-order chi connectivity index (χ1) is 10.4. The van der Waals surface area contributed by atoms with E-state index in [1.807, 2.05) is 50.4 Å². The number of aryl methyl sites for hydroxylation is 3. The number of nitriles is 1. The highest BCUT2D eigenvalue weighted by Gasteiger charge is 2.13. The number of benzene rings is 1. The van der Waals surface area contributed by atoms with Crippen LogP contribution in [0.1, 0.15) is 22.3 Å². The zero-order valence-corrected chi connectivity index (χ0v) is 14.9. The highest BCUT2D eigenvalue weighted by atomic mass is 79.9. The van der Waals surface area contributed by atoms with Gasteiger partial charge in [-0.25, -0.2) is 0 Å². The molecule has 1 N–H and O–H groups in total. The predicted molar refractivity (Wildman–Crippen MR) is 94.9 cm³/mol. The lowest BCUT2D eigenvalue weighted by Crippen LogP contribution is -2.15. The lowest BCUT2D eigenvalue weighted by Gasteiger charge is -2.12. The monoisotopic (exact) mass is 374 g/mol. The summed E-state index contributed by atoms with van der Waals surface area (Å²) in [6.07, 6.45) is 1.59. The van der Waals surface area contributed by atoms with E-state index in [-0.39, 0.29) is 11.5 Å². The van der Waals surface area contributed by atoms with Crippen molar-refractivity contribution in [2.45, 2.75) is 20.8 Å². The van der Waals surface area contributed by atoms with Gasteiger partial charge in [-0.15, -0.1) is 11.3 Å². The van der Waals surface area contributed by atoms with Gasteiger partial charge in [-0.05, 0) is 70.9 Å². The summed E-state index contributed by atoms with van der Waals surface area (Å²) in [6, 6.07) is 7.86. The molecule has 0 bridgehead atoms. The van der Waals surface area contributed by atoms with E-state index >= 15 is 0 Å². The molecular formula is C17H15BrN2OS. The third kappa shape index (κ3) is 3.85. The van der Waals surface area contributed by atoms with Crippen LogP contribution in [0.2, 0.25) is 0 Å². The summed E-state index contributed by atoms with van der Waals surface area (Å²) in [5.74, 6) is -0.389. The molecule has 5 heteroatoms. The number of nitrogens with one attached hydrogen (secondary N) is 1. The van der Waals surface area contributed by atoms with Gasteiger partial charge in [0.05, 0.1) is 3.79 Å². The average molecular weight is 375 g/mol. The van der Waals surface area contributed by atoms with Gasteiger partial charge in [0.1, 0.15) is 11.6 Å². The second-order valence-corrected chi connectivity index (χ2v) is 7.37. The molecule has 0 fully saturated rings. The van der Waals surface area contributed by atoms with Crippen LogP contribution in [-0.2, 0) is 4.79 Å². The molecule has 112 valence electrons.